The Kier molecular flexibility index (Phi) is 3.09. The highest BCUT2D eigenvalue weighted by Gasteiger charge is 2.29. The van der Waals surface area contributed by atoms with Crippen LogP contribution in [0.2, 0.25) is 0 Å². The van der Waals surface area contributed by atoms with Gasteiger partial charge in [-0.2, -0.15) is 0 Å². The Morgan fingerprint density at radius 1 is 1.40 bits per heavy atom. The molecule has 0 atom stereocenters. The molecule has 1 aromatic carbocycles. The molecule has 0 aliphatic carbocycles. The van der Waals surface area contributed by atoms with E-state index < -0.39 is 0 Å². The van der Waals surface area contributed by atoms with Crippen molar-refractivity contribution in [1.29, 1.82) is 0 Å². The number of amides is 1. The van der Waals surface area contributed by atoms with Crippen molar-refractivity contribution in [3.8, 4) is 5.75 Å². The van der Waals surface area contributed by atoms with Crippen molar-refractivity contribution in [2.75, 3.05) is 18.5 Å². The van der Waals surface area contributed by atoms with E-state index >= 15 is 0 Å². The predicted molar refractivity (Wildman–Crippen MR) is 83.0 cm³/mol. The van der Waals surface area contributed by atoms with Gasteiger partial charge in [0, 0.05) is 16.6 Å². The number of carbonyl (C=O) groups excluding carboxylic acids is 1. The molecule has 1 aliphatic rings. The Hall–Kier alpha value is -1.75. The summed E-state index contributed by atoms with van der Waals surface area (Å²) in [7, 11) is 0. The third-order valence-corrected chi connectivity index (χ3v) is 4.51. The molecule has 2 heterocycles. The first-order chi connectivity index (χ1) is 9.50. The van der Waals surface area contributed by atoms with Gasteiger partial charge in [0.05, 0.1) is 17.8 Å². The topological polar surface area (TPSA) is 50.4 Å². The number of benzene rings is 1. The summed E-state index contributed by atoms with van der Waals surface area (Å²) in [5.41, 5.74) is 0.675. The first-order valence-electron chi connectivity index (χ1n) is 6.76. The van der Waals surface area contributed by atoms with Crippen molar-refractivity contribution in [3.05, 3.63) is 23.1 Å². The summed E-state index contributed by atoms with van der Waals surface area (Å²) < 4.78 is 6.65. The lowest BCUT2D eigenvalue weighted by molar-refractivity contribution is 0.0926. The number of hydrogen-bond acceptors (Lipinski definition) is 4. The molecule has 0 saturated heterocycles. The average molecular weight is 290 g/mol. The van der Waals surface area contributed by atoms with E-state index in [0.29, 0.717) is 13.2 Å². The van der Waals surface area contributed by atoms with Crippen LogP contribution in [0.4, 0.5) is 5.69 Å². The summed E-state index contributed by atoms with van der Waals surface area (Å²) in [5, 5.41) is 7.52. The Balaban J connectivity index is 2.12. The number of rotatable bonds is 2. The van der Waals surface area contributed by atoms with Crippen molar-refractivity contribution in [3.63, 3.8) is 0 Å². The zero-order valence-electron chi connectivity index (χ0n) is 11.9. The van der Waals surface area contributed by atoms with Crippen molar-refractivity contribution in [2.24, 2.45) is 0 Å². The van der Waals surface area contributed by atoms with Crippen LogP contribution in [0, 0.1) is 0 Å². The zero-order valence-corrected chi connectivity index (χ0v) is 12.7. The van der Waals surface area contributed by atoms with E-state index in [0.717, 1.165) is 26.4 Å². The van der Waals surface area contributed by atoms with Crippen molar-refractivity contribution >= 4 is 33.0 Å². The summed E-state index contributed by atoms with van der Waals surface area (Å²) in [6.45, 7) is 7.34. The first kappa shape index (κ1) is 13.2. The van der Waals surface area contributed by atoms with E-state index in [2.05, 4.69) is 10.6 Å². The largest absolute Gasteiger partial charge is 0.494 e. The van der Waals surface area contributed by atoms with Gasteiger partial charge >= 0.3 is 0 Å². The second-order valence-electron chi connectivity index (χ2n) is 5.59. The lowest BCUT2D eigenvalue weighted by atomic mass is 10.1. The lowest BCUT2D eigenvalue weighted by Crippen LogP contribution is -2.46. The second-order valence-corrected chi connectivity index (χ2v) is 6.64. The van der Waals surface area contributed by atoms with Gasteiger partial charge < -0.3 is 15.4 Å². The smallest absolute Gasteiger partial charge is 0.263 e. The molecule has 1 aromatic heterocycles. The van der Waals surface area contributed by atoms with E-state index in [-0.39, 0.29) is 11.4 Å². The van der Waals surface area contributed by atoms with Crippen LogP contribution in [0.1, 0.15) is 30.4 Å². The van der Waals surface area contributed by atoms with E-state index in [9.17, 15) is 4.79 Å². The monoisotopic (exact) mass is 290 g/mol. The lowest BCUT2D eigenvalue weighted by Gasteiger charge is -2.23. The molecule has 5 heteroatoms. The minimum absolute atomic E-state index is 0.00541. The molecule has 0 unspecified atom stereocenters. The molecule has 106 valence electrons. The van der Waals surface area contributed by atoms with Crippen LogP contribution in [0.5, 0.6) is 5.75 Å². The van der Waals surface area contributed by atoms with Gasteiger partial charge in [-0.25, -0.2) is 0 Å². The van der Waals surface area contributed by atoms with Gasteiger partial charge in [0.25, 0.3) is 5.91 Å². The van der Waals surface area contributed by atoms with Crippen molar-refractivity contribution in [2.45, 2.75) is 26.3 Å². The number of carbonyl (C=O) groups is 1. The number of thiophene rings is 1. The fourth-order valence-electron chi connectivity index (χ4n) is 2.39. The molecule has 2 N–H and O–H groups in total. The van der Waals surface area contributed by atoms with E-state index in [1.807, 2.05) is 39.0 Å². The maximum atomic E-state index is 12.3. The summed E-state index contributed by atoms with van der Waals surface area (Å²) >= 11 is 1.52. The molecule has 0 fully saturated rings. The van der Waals surface area contributed by atoms with Crippen LogP contribution < -0.4 is 15.4 Å². The minimum atomic E-state index is -0.250. The zero-order chi connectivity index (χ0) is 14.3. The van der Waals surface area contributed by atoms with Gasteiger partial charge in [-0.1, -0.05) is 0 Å². The van der Waals surface area contributed by atoms with Gasteiger partial charge in [0.15, 0.2) is 0 Å². The summed E-state index contributed by atoms with van der Waals surface area (Å²) in [6.07, 6.45) is 0. The average Bonchev–Trinajstić information content (AvgIpc) is 2.69. The van der Waals surface area contributed by atoms with E-state index in [1.165, 1.54) is 11.3 Å². The number of nitrogens with one attached hydrogen (secondary N) is 2. The van der Waals surface area contributed by atoms with Gasteiger partial charge in [-0.15, -0.1) is 11.3 Å². The number of hydrogen-bond donors (Lipinski definition) is 2. The molecule has 0 bridgehead atoms. The summed E-state index contributed by atoms with van der Waals surface area (Å²) in [4.78, 5) is 13.1. The normalized spacial score (nSPS) is 17.1. The van der Waals surface area contributed by atoms with Gasteiger partial charge in [-0.3, -0.25) is 4.79 Å². The van der Waals surface area contributed by atoms with Crippen LogP contribution >= 0.6 is 11.3 Å². The summed E-state index contributed by atoms with van der Waals surface area (Å²) in [6, 6.07) is 5.97. The maximum Gasteiger partial charge on any atom is 0.263 e. The Morgan fingerprint density at radius 2 is 2.20 bits per heavy atom. The number of ether oxygens (including phenoxy) is 1. The fraction of sp³-hybridized carbons (Fsp3) is 0.400. The molecule has 0 saturated carbocycles. The SMILES string of the molecule is CCOc1ccc2sc3c(c2c1)NCC(C)(C)NC3=O. The highest BCUT2D eigenvalue weighted by atomic mass is 32.1. The Bertz CT molecular complexity index is 676. The van der Waals surface area contributed by atoms with Gasteiger partial charge in [0.1, 0.15) is 10.6 Å². The first-order valence-corrected chi connectivity index (χ1v) is 7.57. The molecule has 20 heavy (non-hydrogen) atoms. The predicted octanol–water partition coefficient (Wildman–Crippen LogP) is 3.23. The Labute approximate surface area is 122 Å². The number of fused-ring (bicyclic) bond motifs is 3. The molecule has 1 amide bonds. The molecule has 0 spiro atoms. The van der Waals surface area contributed by atoms with Crippen LogP contribution in [-0.2, 0) is 0 Å². The second kappa shape index (κ2) is 4.66. The highest BCUT2D eigenvalue weighted by molar-refractivity contribution is 7.21. The molecular formula is C15H18N2O2S. The third-order valence-electron chi connectivity index (χ3n) is 3.34. The number of anilines is 1. The van der Waals surface area contributed by atoms with E-state index in [1.54, 1.807) is 0 Å². The third kappa shape index (κ3) is 2.22. The molecule has 0 radical (unpaired) electrons. The van der Waals surface area contributed by atoms with Crippen molar-refractivity contribution in [1.82, 2.24) is 5.32 Å². The standard InChI is InChI=1S/C15H18N2O2S/c1-4-19-9-5-6-11-10(7-9)12-13(20-11)14(18)17-15(2,3)8-16-12/h5-7,16H,4,8H2,1-3H3,(H,17,18). The van der Waals surface area contributed by atoms with E-state index in [4.69, 9.17) is 4.74 Å². The quantitative estimate of drug-likeness (QED) is 0.892. The molecule has 4 nitrogen and oxygen atoms in total. The van der Waals surface area contributed by atoms with Gasteiger partial charge in [0.2, 0.25) is 0 Å². The molecule has 3 rings (SSSR count). The van der Waals surface area contributed by atoms with Gasteiger partial charge in [-0.05, 0) is 39.0 Å². The fourth-order valence-corrected chi connectivity index (χ4v) is 3.44. The molecule has 1 aliphatic heterocycles. The molecular weight excluding hydrogens is 272 g/mol. The van der Waals surface area contributed by atoms with Crippen LogP contribution in [-0.4, -0.2) is 24.6 Å². The maximum absolute atomic E-state index is 12.3. The van der Waals surface area contributed by atoms with Crippen LogP contribution in [0.15, 0.2) is 18.2 Å². The minimum Gasteiger partial charge on any atom is -0.494 e. The van der Waals surface area contributed by atoms with Crippen molar-refractivity contribution < 1.29 is 9.53 Å². The Morgan fingerprint density at radius 3 is 2.95 bits per heavy atom. The summed E-state index contributed by atoms with van der Waals surface area (Å²) in [5.74, 6) is 0.834. The van der Waals surface area contributed by atoms with Crippen LogP contribution in [0.3, 0.4) is 0 Å². The molecule has 2 aromatic rings. The van der Waals surface area contributed by atoms with Crippen LogP contribution in [0.25, 0.3) is 10.1 Å². The highest BCUT2D eigenvalue weighted by Crippen LogP contribution is 2.39.